The number of carbonyl (C=O) groups excluding carboxylic acids is 3. The Balaban J connectivity index is 1.41. The lowest BCUT2D eigenvalue weighted by Crippen LogP contribution is -2.38. The van der Waals surface area contributed by atoms with Crippen LogP contribution in [0.5, 0.6) is 0 Å². The average Bonchev–Trinajstić information content (AvgIpc) is 3.42. The molecule has 0 saturated heterocycles. The van der Waals surface area contributed by atoms with E-state index in [0.29, 0.717) is 37.4 Å². The largest absolute Gasteiger partial charge is 0.462 e. The molecule has 0 bridgehead atoms. The molecule has 226 valence electrons. The molecule has 0 fully saturated rings. The lowest BCUT2D eigenvalue weighted by molar-refractivity contribution is 0.0415. The molecule has 0 aliphatic carbocycles. The number of nitrogens with one attached hydrogen (secondary N) is 2. The summed E-state index contributed by atoms with van der Waals surface area (Å²) in [6.45, 7) is 6.45. The quantitative estimate of drug-likeness (QED) is 0.153. The topological polar surface area (TPSA) is 156 Å². The summed E-state index contributed by atoms with van der Waals surface area (Å²) in [6, 6.07) is 17.6. The number of unbranched alkanes of at least 4 members (excludes halogenated alkanes) is 1. The van der Waals surface area contributed by atoms with Gasteiger partial charge < -0.3 is 29.6 Å². The normalized spacial score (nSPS) is 11.8. The molecule has 0 spiro atoms. The van der Waals surface area contributed by atoms with Crippen LogP contribution in [0.3, 0.4) is 0 Å². The number of ether oxygens (including phenoxy) is 4. The second-order valence-corrected chi connectivity index (χ2v) is 10.2. The van der Waals surface area contributed by atoms with Crippen molar-refractivity contribution in [3.8, 4) is 0 Å². The third-order valence-electron chi connectivity index (χ3n) is 5.58. The molecule has 0 saturated carbocycles. The van der Waals surface area contributed by atoms with Gasteiger partial charge in [-0.25, -0.2) is 19.1 Å². The Bertz CT molecular complexity index is 1250. The van der Waals surface area contributed by atoms with Crippen molar-refractivity contribution in [2.75, 3.05) is 26.4 Å². The van der Waals surface area contributed by atoms with Crippen molar-refractivity contribution in [1.29, 1.82) is 0 Å². The minimum absolute atomic E-state index is 0.0113. The maximum atomic E-state index is 12.5. The number of amides is 2. The molecule has 1 heterocycles. The fourth-order valence-corrected chi connectivity index (χ4v) is 3.64. The van der Waals surface area contributed by atoms with Crippen LogP contribution in [0.25, 0.3) is 0 Å². The van der Waals surface area contributed by atoms with Crippen molar-refractivity contribution in [1.82, 2.24) is 30.8 Å². The van der Waals surface area contributed by atoms with Crippen LogP contribution in [0, 0.1) is 0 Å². The van der Waals surface area contributed by atoms with Crippen molar-refractivity contribution >= 4 is 18.2 Å². The Hall–Kier alpha value is -4.52. The molecule has 2 aromatic carbocycles. The molecule has 1 aromatic heterocycles. The molecule has 13 heteroatoms. The van der Waals surface area contributed by atoms with Crippen molar-refractivity contribution < 1.29 is 33.3 Å². The molecule has 13 nitrogen and oxygen atoms in total. The molecule has 2 N–H and O–H groups in total. The van der Waals surface area contributed by atoms with Crippen LogP contribution >= 0.6 is 0 Å². The second kappa shape index (κ2) is 16.7. The number of esters is 1. The zero-order valence-electron chi connectivity index (χ0n) is 24.2. The monoisotopic (exact) mass is 582 g/mol. The number of aromatic nitrogens is 4. The Morgan fingerprint density at radius 2 is 1.62 bits per heavy atom. The fraction of sp³-hybridized carbons (Fsp3) is 0.448. The van der Waals surface area contributed by atoms with Crippen molar-refractivity contribution in [2.24, 2.45) is 0 Å². The zero-order chi connectivity index (χ0) is 30.2. The summed E-state index contributed by atoms with van der Waals surface area (Å²) < 4.78 is 23.1. The van der Waals surface area contributed by atoms with Crippen LogP contribution in [0.4, 0.5) is 9.59 Å². The Morgan fingerprint density at radius 3 is 2.33 bits per heavy atom. The summed E-state index contributed by atoms with van der Waals surface area (Å²) in [5.74, 6) is -0.0563. The third kappa shape index (κ3) is 11.9. The predicted molar refractivity (Wildman–Crippen MR) is 151 cm³/mol. The van der Waals surface area contributed by atoms with Crippen LogP contribution in [0.1, 0.15) is 61.4 Å². The van der Waals surface area contributed by atoms with Gasteiger partial charge in [-0.2, -0.15) is 0 Å². The first kappa shape index (κ1) is 32.0. The van der Waals surface area contributed by atoms with Gasteiger partial charge >= 0.3 is 18.2 Å². The molecule has 0 unspecified atom stereocenters. The van der Waals surface area contributed by atoms with Crippen molar-refractivity contribution in [2.45, 2.75) is 58.4 Å². The van der Waals surface area contributed by atoms with E-state index in [2.05, 4.69) is 26.2 Å². The van der Waals surface area contributed by atoms with E-state index in [1.807, 2.05) is 36.4 Å². The number of benzene rings is 2. The highest BCUT2D eigenvalue weighted by molar-refractivity contribution is 5.89. The molecule has 42 heavy (non-hydrogen) atoms. The van der Waals surface area contributed by atoms with Gasteiger partial charge in [-0.3, -0.25) is 0 Å². The summed E-state index contributed by atoms with van der Waals surface area (Å²) in [6.07, 6.45) is -0.0445. The van der Waals surface area contributed by atoms with Crippen molar-refractivity contribution in [3.63, 3.8) is 0 Å². The fourth-order valence-electron chi connectivity index (χ4n) is 3.64. The van der Waals surface area contributed by atoms with Crippen LogP contribution < -0.4 is 10.6 Å². The zero-order valence-corrected chi connectivity index (χ0v) is 24.2. The standard InChI is InChI=1S/C29H38N6O7/c1-29(2,3)42-28(38)31-24(21-39-20-22-12-6-4-7-13-22)25-32-33-34-35(25)17-19-41-27(37)30-16-10-11-18-40-26(36)23-14-8-5-9-15-23/h4-9,12-15,24H,10-11,16-21H2,1-3H3,(H,30,37)(H,31,38)/t24-/m1/s1. The van der Waals surface area contributed by atoms with E-state index in [4.69, 9.17) is 18.9 Å². The summed E-state index contributed by atoms with van der Waals surface area (Å²) in [4.78, 5) is 36.5. The first-order valence-electron chi connectivity index (χ1n) is 13.7. The highest BCUT2D eigenvalue weighted by Crippen LogP contribution is 2.14. The summed E-state index contributed by atoms with van der Waals surface area (Å²) in [5.41, 5.74) is 0.775. The Labute approximate surface area is 244 Å². The van der Waals surface area contributed by atoms with E-state index >= 15 is 0 Å². The highest BCUT2D eigenvalue weighted by atomic mass is 16.6. The van der Waals surface area contributed by atoms with Crippen LogP contribution in [-0.2, 0) is 32.1 Å². The van der Waals surface area contributed by atoms with E-state index in [0.717, 1.165) is 5.56 Å². The number of carbonyl (C=O) groups is 3. The molecule has 0 aliphatic rings. The Kier molecular flexibility index (Phi) is 12.7. The van der Waals surface area contributed by atoms with Crippen molar-refractivity contribution in [3.05, 3.63) is 77.6 Å². The summed E-state index contributed by atoms with van der Waals surface area (Å²) in [7, 11) is 0. The maximum Gasteiger partial charge on any atom is 0.408 e. The molecule has 0 radical (unpaired) electrons. The number of hydrogen-bond acceptors (Lipinski definition) is 10. The molecule has 1 atom stereocenters. The lowest BCUT2D eigenvalue weighted by atomic mass is 10.2. The van der Waals surface area contributed by atoms with Gasteiger partial charge in [-0.05, 0) is 61.7 Å². The molecular formula is C29H38N6O7. The lowest BCUT2D eigenvalue weighted by Gasteiger charge is -2.23. The van der Waals surface area contributed by atoms with Gasteiger partial charge in [0.15, 0.2) is 5.82 Å². The van der Waals surface area contributed by atoms with Crippen LogP contribution in [0.15, 0.2) is 60.7 Å². The molecule has 0 aliphatic heterocycles. The first-order valence-corrected chi connectivity index (χ1v) is 13.7. The van der Waals surface area contributed by atoms with Crippen LogP contribution in [0.2, 0.25) is 0 Å². The van der Waals surface area contributed by atoms with Gasteiger partial charge in [0.25, 0.3) is 0 Å². The van der Waals surface area contributed by atoms with Gasteiger partial charge in [0.2, 0.25) is 0 Å². The van der Waals surface area contributed by atoms with Gasteiger partial charge in [-0.1, -0.05) is 48.5 Å². The SMILES string of the molecule is CC(C)(C)OC(=O)N[C@H](COCc1ccccc1)c1nnnn1CCOC(=O)NCCCCOC(=O)c1ccccc1. The highest BCUT2D eigenvalue weighted by Gasteiger charge is 2.25. The van der Waals surface area contributed by atoms with E-state index in [1.165, 1.54) is 4.68 Å². The minimum atomic E-state index is -0.719. The smallest absolute Gasteiger partial charge is 0.408 e. The minimum Gasteiger partial charge on any atom is -0.462 e. The molecular weight excluding hydrogens is 544 g/mol. The maximum absolute atomic E-state index is 12.5. The van der Waals surface area contributed by atoms with Gasteiger partial charge in [0, 0.05) is 6.54 Å². The van der Waals surface area contributed by atoms with E-state index in [9.17, 15) is 14.4 Å². The number of tetrazole rings is 1. The summed E-state index contributed by atoms with van der Waals surface area (Å²) in [5, 5.41) is 17.2. The number of alkyl carbamates (subject to hydrolysis) is 2. The predicted octanol–water partition coefficient (Wildman–Crippen LogP) is 3.82. The van der Waals surface area contributed by atoms with Crippen LogP contribution in [-0.4, -0.2) is 70.3 Å². The summed E-state index contributed by atoms with van der Waals surface area (Å²) >= 11 is 0. The van der Waals surface area contributed by atoms with Gasteiger partial charge in [-0.15, -0.1) is 5.10 Å². The average molecular weight is 583 g/mol. The van der Waals surface area contributed by atoms with E-state index in [-0.39, 0.29) is 32.3 Å². The van der Waals surface area contributed by atoms with Gasteiger partial charge in [0.05, 0.1) is 31.9 Å². The molecule has 3 rings (SSSR count). The molecule has 3 aromatic rings. The molecule has 2 amide bonds. The third-order valence-corrected chi connectivity index (χ3v) is 5.58. The first-order chi connectivity index (χ1) is 20.2. The van der Waals surface area contributed by atoms with E-state index < -0.39 is 23.8 Å². The number of nitrogens with zero attached hydrogens (tertiary/aromatic N) is 4. The van der Waals surface area contributed by atoms with E-state index in [1.54, 1.807) is 45.0 Å². The number of hydrogen-bond donors (Lipinski definition) is 2. The van der Waals surface area contributed by atoms with Gasteiger partial charge in [0.1, 0.15) is 18.2 Å². The number of rotatable bonds is 15. The Morgan fingerprint density at radius 1 is 0.905 bits per heavy atom. The second-order valence-electron chi connectivity index (χ2n) is 10.2.